The van der Waals surface area contributed by atoms with Gasteiger partial charge in [0, 0.05) is 38.5 Å². The minimum atomic E-state index is 0.434. The minimum absolute atomic E-state index is 0.434. The van der Waals surface area contributed by atoms with E-state index in [1.807, 2.05) is 0 Å². The zero-order valence-electron chi connectivity index (χ0n) is 21.0. The maximum atomic E-state index is 6.68. The van der Waals surface area contributed by atoms with Crippen LogP contribution in [0, 0.1) is 17.8 Å². The zero-order valence-corrected chi connectivity index (χ0v) is 21.7. The molecule has 0 unspecified atom stereocenters. The van der Waals surface area contributed by atoms with Gasteiger partial charge in [-0.1, -0.05) is 32.9 Å². The number of fused-ring (bicyclic) bond motifs is 1. The second-order valence-corrected chi connectivity index (χ2v) is 12.2. The Bertz CT molecular complexity index is 880. The highest BCUT2D eigenvalue weighted by atomic mass is 35.5. The Morgan fingerprint density at radius 2 is 1.06 bits per heavy atom. The summed E-state index contributed by atoms with van der Waals surface area (Å²) in [6, 6.07) is 10.7. The summed E-state index contributed by atoms with van der Waals surface area (Å²) < 4.78 is 1.11. The van der Waals surface area contributed by atoms with Gasteiger partial charge in [-0.2, -0.15) is 4.98 Å². The Kier molecular flexibility index (Phi) is 7.00. The highest BCUT2D eigenvalue weighted by Gasteiger charge is 2.54. The van der Waals surface area contributed by atoms with Crippen molar-refractivity contribution in [3.63, 3.8) is 0 Å². The van der Waals surface area contributed by atoms with Gasteiger partial charge in [-0.05, 0) is 80.0 Å². The zero-order chi connectivity index (χ0) is 23.0. The van der Waals surface area contributed by atoms with E-state index in [1.54, 1.807) is 0 Å². The lowest BCUT2D eigenvalue weighted by Gasteiger charge is -2.57. The van der Waals surface area contributed by atoms with Gasteiger partial charge in [-0.15, -0.1) is 0 Å². The normalized spacial score (nSPS) is 35.3. The van der Waals surface area contributed by atoms with Crippen LogP contribution in [0.1, 0.15) is 97.8 Å². The molecule has 0 saturated heterocycles. The summed E-state index contributed by atoms with van der Waals surface area (Å²) in [6.07, 6.45) is 16.1. The lowest BCUT2D eigenvalue weighted by atomic mass is 9.75. The number of benzene rings is 1. The number of aromatic nitrogens is 2. The molecular formula is C29H43ClN3+. The average molecular weight is 469 g/mol. The molecular weight excluding hydrogens is 426 g/mol. The third-order valence-electron chi connectivity index (χ3n) is 9.69. The predicted octanol–water partition coefficient (Wildman–Crippen LogP) is 8.33. The molecule has 3 fully saturated rings. The van der Waals surface area contributed by atoms with E-state index in [1.165, 1.54) is 88.3 Å². The monoisotopic (exact) mass is 468 g/mol. The maximum Gasteiger partial charge on any atom is 0.240 e. The van der Waals surface area contributed by atoms with Crippen molar-refractivity contribution in [1.29, 1.82) is 0 Å². The van der Waals surface area contributed by atoms with Gasteiger partial charge in [0.15, 0.2) is 0 Å². The molecule has 0 aliphatic heterocycles. The summed E-state index contributed by atoms with van der Waals surface area (Å²) in [5.41, 5.74) is 1.02. The molecule has 2 aromatic rings. The predicted molar refractivity (Wildman–Crippen MR) is 141 cm³/mol. The molecule has 0 spiro atoms. The maximum absolute atomic E-state index is 6.68. The van der Waals surface area contributed by atoms with Crippen molar-refractivity contribution >= 4 is 28.3 Å². The Hall–Kier alpha value is -1.19. The summed E-state index contributed by atoms with van der Waals surface area (Å²) in [7, 11) is 0. The summed E-state index contributed by atoms with van der Waals surface area (Å²) in [5.74, 6) is 3.83. The van der Waals surface area contributed by atoms with Crippen molar-refractivity contribution in [2.24, 2.45) is 17.8 Å². The van der Waals surface area contributed by atoms with Gasteiger partial charge in [0.25, 0.3) is 0 Å². The highest BCUT2D eigenvalue weighted by Crippen LogP contribution is 2.49. The van der Waals surface area contributed by atoms with Crippen molar-refractivity contribution in [3.05, 3.63) is 29.5 Å². The first-order valence-electron chi connectivity index (χ1n) is 13.8. The molecule has 3 aliphatic rings. The third-order valence-corrected chi connectivity index (χ3v) is 9.86. The van der Waals surface area contributed by atoms with Gasteiger partial charge in [0.05, 0.1) is 29.0 Å². The molecule has 3 saturated carbocycles. The van der Waals surface area contributed by atoms with E-state index in [-0.39, 0.29) is 0 Å². The van der Waals surface area contributed by atoms with Gasteiger partial charge in [-0.25, -0.2) is 4.98 Å². The molecule has 5 rings (SSSR count). The van der Waals surface area contributed by atoms with Crippen LogP contribution in [0.2, 0.25) is 5.28 Å². The average Bonchev–Trinajstić information content (AvgIpc) is 2.82. The second kappa shape index (κ2) is 9.82. The fraction of sp³-hybridized carbons (Fsp3) is 0.724. The van der Waals surface area contributed by atoms with Crippen LogP contribution in [0.5, 0.6) is 0 Å². The Morgan fingerprint density at radius 3 is 1.52 bits per heavy atom. The van der Waals surface area contributed by atoms with Crippen LogP contribution in [0.15, 0.2) is 24.3 Å². The largest absolute Gasteiger partial charge is 0.267 e. The fourth-order valence-corrected chi connectivity index (χ4v) is 7.92. The van der Waals surface area contributed by atoms with Crippen LogP contribution in [0.25, 0.3) is 10.9 Å². The van der Waals surface area contributed by atoms with Crippen LogP contribution in [0.4, 0.5) is 5.82 Å². The number of rotatable bonds is 4. The van der Waals surface area contributed by atoms with Crippen molar-refractivity contribution < 1.29 is 0 Å². The van der Waals surface area contributed by atoms with Crippen LogP contribution < -0.4 is 4.48 Å². The Balaban J connectivity index is 1.72. The van der Waals surface area contributed by atoms with Gasteiger partial charge in [-0.3, -0.25) is 4.48 Å². The quantitative estimate of drug-likeness (QED) is 0.333. The van der Waals surface area contributed by atoms with E-state index in [9.17, 15) is 0 Å². The van der Waals surface area contributed by atoms with E-state index in [0.29, 0.717) is 23.4 Å². The lowest BCUT2D eigenvalue weighted by Crippen LogP contribution is -2.70. The molecule has 0 N–H and O–H groups in total. The molecule has 3 aliphatic carbocycles. The number of para-hydroxylation sites is 1. The molecule has 1 aromatic heterocycles. The van der Waals surface area contributed by atoms with Crippen molar-refractivity contribution in [2.45, 2.75) is 116 Å². The molecule has 0 amide bonds. The van der Waals surface area contributed by atoms with Crippen LogP contribution in [-0.4, -0.2) is 28.1 Å². The standard InChI is InChI=1S/C29H43ClN3/c1-20-8-14-23(15-9-20)33(24-16-10-21(2)11-17-24,25-18-12-22(3)13-19-25)28-26-6-4-5-7-27(26)31-29(30)32-28/h4-7,20-25H,8-19H2,1-3H3/q+1. The van der Waals surface area contributed by atoms with Crippen molar-refractivity contribution in [3.8, 4) is 0 Å². The fourth-order valence-electron chi connectivity index (χ4n) is 7.75. The number of hydrogen-bond donors (Lipinski definition) is 0. The van der Waals surface area contributed by atoms with Crippen LogP contribution in [0.3, 0.4) is 0 Å². The van der Waals surface area contributed by atoms with Gasteiger partial charge in [0.2, 0.25) is 11.1 Å². The molecule has 0 atom stereocenters. The molecule has 4 heteroatoms. The SMILES string of the molecule is CC1CCC([N+](c2nc(Cl)nc3ccccc23)(C2CCC(C)CC2)C2CCC(C)CC2)CC1. The Morgan fingerprint density at radius 1 is 0.636 bits per heavy atom. The van der Waals surface area contributed by atoms with Gasteiger partial charge >= 0.3 is 0 Å². The molecule has 180 valence electrons. The molecule has 3 nitrogen and oxygen atoms in total. The number of quaternary nitrogens is 1. The van der Waals surface area contributed by atoms with E-state index in [0.717, 1.165) is 27.8 Å². The smallest absolute Gasteiger partial charge is 0.240 e. The summed E-state index contributed by atoms with van der Waals surface area (Å²) in [4.78, 5) is 9.85. The third kappa shape index (κ3) is 4.45. The van der Waals surface area contributed by atoms with Crippen molar-refractivity contribution in [1.82, 2.24) is 14.5 Å². The summed E-state index contributed by atoms with van der Waals surface area (Å²) >= 11 is 6.68. The van der Waals surface area contributed by atoms with Crippen LogP contribution in [-0.2, 0) is 0 Å². The lowest BCUT2D eigenvalue weighted by molar-refractivity contribution is 0.0109. The number of hydrogen-bond acceptors (Lipinski definition) is 2. The Labute approximate surface area is 205 Å². The molecule has 1 aromatic carbocycles. The first-order valence-corrected chi connectivity index (χ1v) is 14.2. The van der Waals surface area contributed by atoms with Gasteiger partial charge < -0.3 is 0 Å². The second-order valence-electron chi connectivity index (χ2n) is 11.9. The first kappa shape index (κ1) is 23.5. The van der Waals surface area contributed by atoms with E-state index >= 15 is 0 Å². The topological polar surface area (TPSA) is 25.8 Å². The van der Waals surface area contributed by atoms with E-state index < -0.39 is 0 Å². The molecule has 0 radical (unpaired) electrons. The van der Waals surface area contributed by atoms with Crippen molar-refractivity contribution in [2.75, 3.05) is 0 Å². The molecule has 1 heterocycles. The highest BCUT2D eigenvalue weighted by molar-refractivity contribution is 6.28. The van der Waals surface area contributed by atoms with Crippen LogP contribution >= 0.6 is 11.6 Å². The molecule has 33 heavy (non-hydrogen) atoms. The molecule has 0 bridgehead atoms. The number of halogens is 1. The summed E-state index contributed by atoms with van der Waals surface area (Å²) in [5, 5.41) is 1.68. The van der Waals surface area contributed by atoms with E-state index in [4.69, 9.17) is 16.6 Å². The first-order chi connectivity index (χ1) is 16.0. The van der Waals surface area contributed by atoms with E-state index in [2.05, 4.69) is 50.0 Å². The summed E-state index contributed by atoms with van der Waals surface area (Å²) in [6.45, 7) is 7.35. The minimum Gasteiger partial charge on any atom is -0.267 e. The number of nitrogens with zero attached hydrogens (tertiary/aromatic N) is 3. The van der Waals surface area contributed by atoms with Gasteiger partial charge in [0.1, 0.15) is 0 Å².